The highest BCUT2D eigenvalue weighted by atomic mass is 16.5. The number of benzene rings is 1. The van der Waals surface area contributed by atoms with E-state index >= 15 is 0 Å². The first-order valence-electron chi connectivity index (χ1n) is 6.90. The molecule has 0 aromatic heterocycles. The predicted molar refractivity (Wildman–Crippen MR) is 76.2 cm³/mol. The largest absolute Gasteiger partial charge is 0.508 e. The van der Waals surface area contributed by atoms with Crippen LogP contribution in [0, 0.1) is 0 Å². The van der Waals surface area contributed by atoms with Crippen LogP contribution < -0.4 is 5.73 Å². The van der Waals surface area contributed by atoms with E-state index < -0.39 is 5.97 Å². The molecule has 106 valence electrons. The highest BCUT2D eigenvalue weighted by Gasteiger charge is 2.11. The number of aromatic hydroxyl groups is 1. The topological polar surface area (TPSA) is 72.5 Å². The van der Waals surface area contributed by atoms with Crippen molar-refractivity contribution < 1.29 is 14.6 Å². The van der Waals surface area contributed by atoms with Crippen LogP contribution in [0.3, 0.4) is 0 Å². The smallest absolute Gasteiger partial charge is 0.340 e. The summed E-state index contributed by atoms with van der Waals surface area (Å²) in [6, 6.07) is 4.27. The van der Waals surface area contributed by atoms with Gasteiger partial charge in [-0.2, -0.15) is 0 Å². The minimum Gasteiger partial charge on any atom is -0.508 e. The van der Waals surface area contributed by atoms with Crippen molar-refractivity contribution in [3.63, 3.8) is 0 Å². The number of carbonyl (C=O) groups is 1. The molecule has 1 rings (SSSR count). The van der Waals surface area contributed by atoms with Gasteiger partial charge in [0.15, 0.2) is 0 Å². The average Bonchev–Trinajstić information content (AvgIpc) is 2.40. The maximum Gasteiger partial charge on any atom is 0.340 e. The molecule has 0 bridgehead atoms. The molecule has 0 aliphatic rings. The van der Waals surface area contributed by atoms with E-state index in [4.69, 9.17) is 10.5 Å². The van der Waals surface area contributed by atoms with E-state index in [2.05, 4.69) is 6.92 Å². The molecule has 4 heteroatoms. The summed E-state index contributed by atoms with van der Waals surface area (Å²) in [4.78, 5) is 11.7. The summed E-state index contributed by atoms with van der Waals surface area (Å²) in [6.45, 7) is 2.58. The van der Waals surface area contributed by atoms with Gasteiger partial charge in [-0.3, -0.25) is 0 Å². The van der Waals surface area contributed by atoms with Crippen LogP contribution in [0.5, 0.6) is 5.75 Å². The van der Waals surface area contributed by atoms with Crippen molar-refractivity contribution >= 4 is 11.7 Å². The summed E-state index contributed by atoms with van der Waals surface area (Å²) in [7, 11) is 0. The lowest BCUT2D eigenvalue weighted by molar-refractivity contribution is 0.0498. The Morgan fingerprint density at radius 3 is 2.63 bits per heavy atom. The number of phenolic OH excluding ortho intramolecular Hbond substituents is 1. The van der Waals surface area contributed by atoms with Crippen LogP contribution in [0.2, 0.25) is 0 Å². The molecule has 0 unspecified atom stereocenters. The molecule has 0 saturated carbocycles. The number of hydrogen-bond acceptors (Lipinski definition) is 4. The second-order valence-corrected chi connectivity index (χ2v) is 4.68. The normalized spacial score (nSPS) is 10.4. The number of nitrogen functional groups attached to an aromatic ring is 1. The molecule has 0 aliphatic heterocycles. The van der Waals surface area contributed by atoms with Crippen LogP contribution in [-0.2, 0) is 4.74 Å². The summed E-state index contributed by atoms with van der Waals surface area (Å²) in [5, 5.41) is 9.32. The summed E-state index contributed by atoms with van der Waals surface area (Å²) < 4.78 is 5.14. The quantitative estimate of drug-likeness (QED) is 0.326. The minimum atomic E-state index is -0.470. The van der Waals surface area contributed by atoms with Crippen molar-refractivity contribution in [2.75, 3.05) is 12.3 Å². The molecule has 1 aromatic rings. The number of phenols is 1. The molecule has 4 nitrogen and oxygen atoms in total. The number of nitrogens with two attached hydrogens (primary N) is 1. The number of carbonyl (C=O) groups excluding carboxylic acids is 1. The molecule has 0 fully saturated rings. The Morgan fingerprint density at radius 1 is 1.21 bits per heavy atom. The van der Waals surface area contributed by atoms with Gasteiger partial charge in [0.25, 0.3) is 0 Å². The molecule has 0 heterocycles. The van der Waals surface area contributed by atoms with E-state index in [1.54, 1.807) is 0 Å². The first-order valence-corrected chi connectivity index (χ1v) is 6.90. The van der Waals surface area contributed by atoms with Crippen LogP contribution >= 0.6 is 0 Å². The fourth-order valence-electron chi connectivity index (χ4n) is 1.85. The standard InChI is InChI=1S/C15H23NO3/c1-2-3-4-5-6-7-10-19-15(18)13-11-12(17)8-9-14(13)16/h8-9,11,17H,2-7,10,16H2,1H3. The second-order valence-electron chi connectivity index (χ2n) is 4.68. The Hall–Kier alpha value is -1.71. The third-order valence-electron chi connectivity index (χ3n) is 2.99. The second kappa shape index (κ2) is 8.40. The van der Waals surface area contributed by atoms with Crippen molar-refractivity contribution in [2.24, 2.45) is 0 Å². The molecule has 19 heavy (non-hydrogen) atoms. The van der Waals surface area contributed by atoms with Gasteiger partial charge in [0.05, 0.1) is 12.2 Å². The van der Waals surface area contributed by atoms with Crippen LogP contribution in [0.15, 0.2) is 18.2 Å². The van der Waals surface area contributed by atoms with E-state index in [9.17, 15) is 9.90 Å². The molecular weight excluding hydrogens is 242 g/mol. The molecule has 1 aromatic carbocycles. The molecule has 0 saturated heterocycles. The monoisotopic (exact) mass is 265 g/mol. The molecule has 0 aliphatic carbocycles. The number of ether oxygens (including phenoxy) is 1. The van der Waals surface area contributed by atoms with Crippen LogP contribution in [0.25, 0.3) is 0 Å². The molecule has 0 spiro atoms. The van der Waals surface area contributed by atoms with Crippen molar-refractivity contribution in [3.8, 4) is 5.75 Å². The van der Waals surface area contributed by atoms with Gasteiger partial charge in [0.1, 0.15) is 5.75 Å². The lowest BCUT2D eigenvalue weighted by atomic mass is 10.1. The number of esters is 1. The Bertz CT molecular complexity index is 404. The summed E-state index contributed by atoms with van der Waals surface area (Å²) in [5.41, 5.74) is 6.22. The lowest BCUT2D eigenvalue weighted by Crippen LogP contribution is -2.09. The SMILES string of the molecule is CCCCCCCCOC(=O)c1cc(O)ccc1N. The van der Waals surface area contributed by atoms with Gasteiger partial charge >= 0.3 is 5.97 Å². The Kier molecular flexibility index (Phi) is 6.79. The summed E-state index contributed by atoms with van der Waals surface area (Å²) in [6.07, 6.45) is 6.85. The third kappa shape index (κ3) is 5.64. The van der Waals surface area contributed by atoms with Crippen molar-refractivity contribution in [1.82, 2.24) is 0 Å². The van der Waals surface area contributed by atoms with E-state index in [-0.39, 0.29) is 11.3 Å². The highest BCUT2D eigenvalue weighted by molar-refractivity contribution is 5.95. The fraction of sp³-hybridized carbons (Fsp3) is 0.533. The molecule has 0 amide bonds. The van der Waals surface area contributed by atoms with E-state index in [1.165, 1.54) is 43.9 Å². The first kappa shape index (κ1) is 15.3. The molecule has 3 N–H and O–H groups in total. The third-order valence-corrected chi connectivity index (χ3v) is 2.99. The zero-order chi connectivity index (χ0) is 14.1. The van der Waals surface area contributed by atoms with Crippen molar-refractivity contribution in [1.29, 1.82) is 0 Å². The Morgan fingerprint density at radius 2 is 1.89 bits per heavy atom. The maximum atomic E-state index is 11.7. The van der Waals surface area contributed by atoms with Crippen LogP contribution in [-0.4, -0.2) is 17.7 Å². The minimum absolute atomic E-state index is 0.0146. The van der Waals surface area contributed by atoms with E-state index in [0.29, 0.717) is 12.3 Å². The maximum absolute atomic E-state index is 11.7. The van der Waals surface area contributed by atoms with Crippen LogP contribution in [0.1, 0.15) is 55.8 Å². The summed E-state index contributed by atoms with van der Waals surface area (Å²) >= 11 is 0. The number of rotatable bonds is 8. The lowest BCUT2D eigenvalue weighted by Gasteiger charge is -2.07. The van der Waals surface area contributed by atoms with Gasteiger partial charge in [0.2, 0.25) is 0 Å². The van der Waals surface area contributed by atoms with E-state index in [1.807, 2.05) is 0 Å². The van der Waals surface area contributed by atoms with Crippen molar-refractivity contribution in [2.45, 2.75) is 45.4 Å². The van der Waals surface area contributed by atoms with Gasteiger partial charge in [0, 0.05) is 5.69 Å². The Balaban J connectivity index is 2.26. The molecule has 0 radical (unpaired) electrons. The molecule has 0 atom stereocenters. The highest BCUT2D eigenvalue weighted by Crippen LogP contribution is 2.19. The van der Waals surface area contributed by atoms with Gasteiger partial charge in [-0.25, -0.2) is 4.79 Å². The number of anilines is 1. The fourth-order valence-corrected chi connectivity index (χ4v) is 1.85. The number of unbranched alkanes of at least 4 members (excludes halogenated alkanes) is 5. The average molecular weight is 265 g/mol. The zero-order valence-corrected chi connectivity index (χ0v) is 11.5. The predicted octanol–water partition coefficient (Wildman–Crippen LogP) is 3.49. The first-order chi connectivity index (χ1) is 9.15. The summed E-state index contributed by atoms with van der Waals surface area (Å²) in [5.74, 6) is -0.456. The van der Waals surface area contributed by atoms with Crippen LogP contribution in [0.4, 0.5) is 5.69 Å². The van der Waals surface area contributed by atoms with Gasteiger partial charge in [-0.15, -0.1) is 0 Å². The van der Waals surface area contributed by atoms with E-state index in [0.717, 1.165) is 12.8 Å². The zero-order valence-electron chi connectivity index (χ0n) is 11.5. The number of hydrogen-bond donors (Lipinski definition) is 2. The molecular formula is C15H23NO3. The van der Waals surface area contributed by atoms with Gasteiger partial charge < -0.3 is 15.6 Å². The van der Waals surface area contributed by atoms with Gasteiger partial charge in [-0.1, -0.05) is 39.0 Å². The van der Waals surface area contributed by atoms with Gasteiger partial charge in [-0.05, 0) is 24.6 Å². The Labute approximate surface area is 114 Å². The van der Waals surface area contributed by atoms with Crippen molar-refractivity contribution in [3.05, 3.63) is 23.8 Å².